The summed E-state index contributed by atoms with van der Waals surface area (Å²) >= 11 is 1.54. The minimum Gasteiger partial charge on any atom is -0.353 e. The van der Waals surface area contributed by atoms with E-state index < -0.39 is 0 Å². The molecule has 0 saturated heterocycles. The molecule has 1 aromatic rings. The molecule has 20 heavy (non-hydrogen) atoms. The van der Waals surface area contributed by atoms with Crippen LogP contribution < -0.4 is 5.32 Å². The van der Waals surface area contributed by atoms with Gasteiger partial charge in [-0.25, -0.2) is 9.97 Å². The van der Waals surface area contributed by atoms with E-state index >= 15 is 0 Å². The summed E-state index contributed by atoms with van der Waals surface area (Å²) in [6.45, 7) is 10.2. The molecule has 1 N–H and O–H groups in total. The molecular weight excluding hydrogens is 270 g/mol. The standard InChI is InChI=1S/C15H25N3OS/c1-9(2)10(3)16-14(19)8-7-13-11(4)17-15(20-6)18-12(13)5/h9-10H,7-8H2,1-6H3,(H,16,19). The molecule has 0 bridgehead atoms. The summed E-state index contributed by atoms with van der Waals surface area (Å²) in [6.07, 6.45) is 3.15. The van der Waals surface area contributed by atoms with Crippen LogP contribution in [-0.4, -0.2) is 28.2 Å². The van der Waals surface area contributed by atoms with Crippen molar-refractivity contribution in [2.24, 2.45) is 5.92 Å². The van der Waals surface area contributed by atoms with E-state index in [1.165, 1.54) is 0 Å². The second-order valence-electron chi connectivity index (χ2n) is 5.46. The minimum atomic E-state index is 0.0962. The smallest absolute Gasteiger partial charge is 0.220 e. The van der Waals surface area contributed by atoms with Gasteiger partial charge in [0, 0.05) is 23.9 Å². The van der Waals surface area contributed by atoms with E-state index in [1.807, 2.05) is 27.0 Å². The molecule has 1 unspecified atom stereocenters. The zero-order valence-corrected chi connectivity index (χ0v) is 14.1. The summed E-state index contributed by atoms with van der Waals surface area (Å²) in [4.78, 5) is 20.8. The summed E-state index contributed by atoms with van der Waals surface area (Å²) in [5, 5.41) is 3.82. The number of carbonyl (C=O) groups excluding carboxylic acids is 1. The first-order valence-corrected chi connectivity index (χ1v) is 8.25. The van der Waals surface area contributed by atoms with Crippen molar-refractivity contribution >= 4 is 17.7 Å². The molecule has 0 spiro atoms. The van der Waals surface area contributed by atoms with E-state index in [0.717, 1.165) is 22.1 Å². The highest BCUT2D eigenvalue weighted by atomic mass is 32.2. The zero-order valence-electron chi connectivity index (χ0n) is 13.3. The Morgan fingerprint density at radius 1 is 1.20 bits per heavy atom. The molecule has 0 fully saturated rings. The third kappa shape index (κ3) is 4.78. The number of hydrogen-bond acceptors (Lipinski definition) is 4. The fraction of sp³-hybridized carbons (Fsp3) is 0.667. The van der Waals surface area contributed by atoms with Crippen LogP contribution in [0.1, 0.15) is 44.1 Å². The predicted molar refractivity (Wildman–Crippen MR) is 84.1 cm³/mol. The van der Waals surface area contributed by atoms with E-state index in [-0.39, 0.29) is 11.9 Å². The topological polar surface area (TPSA) is 54.9 Å². The number of rotatable bonds is 6. The molecule has 5 heteroatoms. The molecule has 1 amide bonds. The van der Waals surface area contributed by atoms with Gasteiger partial charge in [0.2, 0.25) is 5.91 Å². The molecule has 112 valence electrons. The minimum absolute atomic E-state index is 0.0962. The predicted octanol–water partition coefficient (Wildman–Crippen LogP) is 2.91. The fourth-order valence-corrected chi connectivity index (χ4v) is 2.35. The van der Waals surface area contributed by atoms with E-state index in [9.17, 15) is 4.79 Å². The molecule has 0 saturated carbocycles. The van der Waals surface area contributed by atoms with Crippen LogP contribution in [0.15, 0.2) is 5.16 Å². The number of hydrogen-bond donors (Lipinski definition) is 1. The van der Waals surface area contributed by atoms with Crippen LogP contribution in [0.25, 0.3) is 0 Å². The number of nitrogens with one attached hydrogen (secondary N) is 1. The average molecular weight is 295 g/mol. The van der Waals surface area contributed by atoms with Crippen molar-refractivity contribution in [1.29, 1.82) is 0 Å². The van der Waals surface area contributed by atoms with Gasteiger partial charge in [-0.05, 0) is 44.9 Å². The van der Waals surface area contributed by atoms with Gasteiger partial charge in [0.1, 0.15) is 0 Å². The monoisotopic (exact) mass is 295 g/mol. The van der Waals surface area contributed by atoms with Gasteiger partial charge in [-0.2, -0.15) is 0 Å². The number of aromatic nitrogens is 2. The van der Waals surface area contributed by atoms with Crippen LogP contribution in [0.5, 0.6) is 0 Å². The largest absolute Gasteiger partial charge is 0.353 e. The van der Waals surface area contributed by atoms with Crippen molar-refractivity contribution in [3.63, 3.8) is 0 Å². The SMILES string of the molecule is CSc1nc(C)c(CCC(=O)NC(C)C(C)C)c(C)n1. The Labute approximate surface area is 126 Å². The highest BCUT2D eigenvalue weighted by Crippen LogP contribution is 2.17. The van der Waals surface area contributed by atoms with E-state index in [1.54, 1.807) is 11.8 Å². The van der Waals surface area contributed by atoms with Gasteiger partial charge in [-0.15, -0.1) is 0 Å². The molecule has 1 aromatic heterocycles. The molecule has 1 atom stereocenters. The van der Waals surface area contributed by atoms with Crippen LogP contribution in [0.3, 0.4) is 0 Å². The Bertz CT molecular complexity index is 451. The van der Waals surface area contributed by atoms with Gasteiger partial charge in [-0.1, -0.05) is 25.6 Å². The Kier molecular flexibility index (Phi) is 6.46. The highest BCUT2D eigenvalue weighted by Gasteiger charge is 2.13. The van der Waals surface area contributed by atoms with E-state index in [4.69, 9.17) is 0 Å². The lowest BCUT2D eigenvalue weighted by Gasteiger charge is -2.17. The lowest BCUT2D eigenvalue weighted by Crippen LogP contribution is -2.36. The maximum Gasteiger partial charge on any atom is 0.220 e. The van der Waals surface area contributed by atoms with Crippen molar-refractivity contribution in [2.75, 3.05) is 6.26 Å². The summed E-state index contributed by atoms with van der Waals surface area (Å²) in [5.74, 6) is 0.547. The maximum absolute atomic E-state index is 11.9. The molecule has 0 aliphatic carbocycles. The van der Waals surface area contributed by atoms with Crippen molar-refractivity contribution < 1.29 is 4.79 Å². The number of aryl methyl sites for hydroxylation is 2. The molecule has 0 aliphatic heterocycles. The molecule has 1 heterocycles. The molecule has 0 radical (unpaired) electrons. The third-order valence-corrected chi connectivity index (χ3v) is 4.12. The molecule has 0 aliphatic rings. The van der Waals surface area contributed by atoms with Crippen LogP contribution >= 0.6 is 11.8 Å². The molecular formula is C15H25N3OS. The first-order chi connectivity index (χ1) is 9.35. The maximum atomic E-state index is 11.9. The number of thioether (sulfide) groups is 1. The molecule has 4 nitrogen and oxygen atoms in total. The quantitative estimate of drug-likeness (QED) is 0.647. The lowest BCUT2D eigenvalue weighted by molar-refractivity contribution is -0.121. The van der Waals surface area contributed by atoms with Gasteiger partial charge in [0.15, 0.2) is 5.16 Å². The Morgan fingerprint density at radius 2 is 1.75 bits per heavy atom. The fourth-order valence-electron chi connectivity index (χ4n) is 1.89. The van der Waals surface area contributed by atoms with Gasteiger partial charge in [0.25, 0.3) is 0 Å². The summed E-state index contributed by atoms with van der Waals surface area (Å²) < 4.78 is 0. The third-order valence-electron chi connectivity index (χ3n) is 3.57. The van der Waals surface area contributed by atoms with Gasteiger partial charge < -0.3 is 5.32 Å². The van der Waals surface area contributed by atoms with Crippen molar-refractivity contribution in [2.45, 2.75) is 58.7 Å². The number of carbonyl (C=O) groups is 1. The Morgan fingerprint density at radius 3 is 2.20 bits per heavy atom. The normalized spacial score (nSPS) is 12.6. The van der Waals surface area contributed by atoms with Crippen LogP contribution in [0.2, 0.25) is 0 Å². The van der Waals surface area contributed by atoms with E-state index in [2.05, 4.69) is 29.1 Å². The lowest BCUT2D eigenvalue weighted by atomic mass is 10.0. The van der Waals surface area contributed by atoms with Gasteiger partial charge in [0.05, 0.1) is 0 Å². The number of nitrogens with zero attached hydrogens (tertiary/aromatic N) is 2. The van der Waals surface area contributed by atoms with Gasteiger partial charge in [-0.3, -0.25) is 4.79 Å². The average Bonchev–Trinajstić information content (AvgIpc) is 2.37. The highest BCUT2D eigenvalue weighted by molar-refractivity contribution is 7.98. The second kappa shape index (κ2) is 7.62. The van der Waals surface area contributed by atoms with Crippen LogP contribution in [-0.2, 0) is 11.2 Å². The Balaban J connectivity index is 2.64. The Hall–Kier alpha value is -1.10. The van der Waals surface area contributed by atoms with Crippen molar-refractivity contribution in [3.05, 3.63) is 17.0 Å². The van der Waals surface area contributed by atoms with Crippen molar-refractivity contribution in [3.8, 4) is 0 Å². The van der Waals surface area contributed by atoms with E-state index in [0.29, 0.717) is 18.8 Å². The first kappa shape index (κ1) is 17.0. The van der Waals surface area contributed by atoms with Crippen LogP contribution in [0.4, 0.5) is 0 Å². The molecule has 0 aromatic carbocycles. The van der Waals surface area contributed by atoms with Gasteiger partial charge >= 0.3 is 0 Å². The summed E-state index contributed by atoms with van der Waals surface area (Å²) in [7, 11) is 0. The molecule has 1 rings (SSSR count). The first-order valence-electron chi connectivity index (χ1n) is 7.02. The van der Waals surface area contributed by atoms with Crippen LogP contribution in [0, 0.1) is 19.8 Å². The zero-order chi connectivity index (χ0) is 15.3. The second-order valence-corrected chi connectivity index (χ2v) is 6.23. The number of amides is 1. The summed E-state index contributed by atoms with van der Waals surface area (Å²) in [5.41, 5.74) is 3.05. The van der Waals surface area contributed by atoms with Crippen molar-refractivity contribution in [1.82, 2.24) is 15.3 Å². The summed E-state index contributed by atoms with van der Waals surface area (Å²) in [6, 6.07) is 0.208.